The van der Waals surface area contributed by atoms with Crippen LogP contribution in [-0.4, -0.2) is 35.1 Å². The van der Waals surface area contributed by atoms with E-state index in [1.165, 1.54) is 23.9 Å². The van der Waals surface area contributed by atoms with Gasteiger partial charge in [0.1, 0.15) is 11.9 Å². The lowest BCUT2D eigenvalue weighted by molar-refractivity contribution is -0.139. The number of aryl methyl sites for hydroxylation is 1. The lowest BCUT2D eigenvalue weighted by atomic mass is 10.1. The zero-order valence-corrected chi connectivity index (χ0v) is 18.1. The van der Waals surface area contributed by atoms with E-state index in [0.717, 1.165) is 16.7 Å². The van der Waals surface area contributed by atoms with Crippen molar-refractivity contribution in [2.24, 2.45) is 0 Å². The average Bonchev–Trinajstić information content (AvgIpc) is 2.71. The molecule has 2 aromatic rings. The van der Waals surface area contributed by atoms with Crippen LogP contribution >= 0.6 is 11.8 Å². The summed E-state index contributed by atoms with van der Waals surface area (Å²) in [5.41, 5.74) is 3.11. The molecule has 0 saturated carbocycles. The summed E-state index contributed by atoms with van der Waals surface area (Å²) < 4.78 is 13.0. The predicted molar refractivity (Wildman–Crippen MR) is 117 cm³/mol. The number of amides is 2. The third-order valence-electron chi connectivity index (χ3n) is 4.62. The molecule has 2 rings (SSSR count). The number of hydrogen-bond acceptors (Lipinski definition) is 3. The van der Waals surface area contributed by atoms with Gasteiger partial charge in [0.2, 0.25) is 11.8 Å². The SMILES string of the molecule is CCNC(=O)C(CC)N(Cc1ccc(C)cc1)C(=O)CSCc1ccc(F)cc1. The second-order valence-corrected chi connectivity index (χ2v) is 7.93. The Hall–Kier alpha value is -2.34. The van der Waals surface area contributed by atoms with E-state index in [9.17, 15) is 14.0 Å². The van der Waals surface area contributed by atoms with Gasteiger partial charge in [0, 0.05) is 18.8 Å². The molecular formula is C23H29FN2O2S. The van der Waals surface area contributed by atoms with Gasteiger partial charge in [-0.25, -0.2) is 4.39 Å². The Labute approximate surface area is 176 Å². The molecule has 0 saturated heterocycles. The van der Waals surface area contributed by atoms with Crippen molar-refractivity contribution >= 4 is 23.6 Å². The molecule has 0 heterocycles. The summed E-state index contributed by atoms with van der Waals surface area (Å²) in [5, 5.41) is 2.84. The van der Waals surface area contributed by atoms with Crippen LogP contribution < -0.4 is 5.32 Å². The van der Waals surface area contributed by atoms with Gasteiger partial charge >= 0.3 is 0 Å². The van der Waals surface area contributed by atoms with Crippen molar-refractivity contribution in [3.63, 3.8) is 0 Å². The van der Waals surface area contributed by atoms with Crippen LogP contribution in [0.2, 0.25) is 0 Å². The first kappa shape index (κ1) is 22.9. The molecular weight excluding hydrogens is 387 g/mol. The first-order valence-corrected chi connectivity index (χ1v) is 11.0. The zero-order chi connectivity index (χ0) is 21.2. The Morgan fingerprint density at radius 3 is 2.24 bits per heavy atom. The van der Waals surface area contributed by atoms with Crippen LogP contribution in [0, 0.1) is 12.7 Å². The minimum atomic E-state index is -0.504. The number of carbonyl (C=O) groups is 2. The summed E-state index contributed by atoms with van der Waals surface area (Å²) in [6.07, 6.45) is 0.548. The largest absolute Gasteiger partial charge is 0.355 e. The first-order chi connectivity index (χ1) is 13.9. The monoisotopic (exact) mass is 416 g/mol. The summed E-state index contributed by atoms with van der Waals surface area (Å²) in [6.45, 7) is 6.73. The molecule has 1 atom stereocenters. The fourth-order valence-electron chi connectivity index (χ4n) is 3.02. The van der Waals surface area contributed by atoms with E-state index in [1.807, 2.05) is 45.0 Å². The van der Waals surface area contributed by atoms with Gasteiger partial charge in [0.05, 0.1) is 5.75 Å². The number of carbonyl (C=O) groups excluding carboxylic acids is 2. The highest BCUT2D eigenvalue weighted by Gasteiger charge is 2.28. The third kappa shape index (κ3) is 7.20. The number of nitrogens with zero attached hydrogens (tertiary/aromatic N) is 1. The number of nitrogens with one attached hydrogen (secondary N) is 1. The molecule has 0 radical (unpaired) electrons. The molecule has 1 N–H and O–H groups in total. The predicted octanol–water partition coefficient (Wildman–Crippen LogP) is 4.31. The Morgan fingerprint density at radius 1 is 1.03 bits per heavy atom. The molecule has 0 aromatic heterocycles. The summed E-state index contributed by atoms with van der Waals surface area (Å²) in [5.74, 6) is 0.406. The van der Waals surface area contributed by atoms with Crippen LogP contribution in [0.15, 0.2) is 48.5 Å². The smallest absolute Gasteiger partial charge is 0.242 e. The van der Waals surface area contributed by atoms with Gasteiger partial charge in [0.15, 0.2) is 0 Å². The standard InChI is InChI=1S/C23H29FN2O2S/c1-4-21(23(28)25-5-2)26(14-18-8-6-17(3)7-9-18)22(27)16-29-15-19-10-12-20(24)13-11-19/h6-13,21H,4-5,14-16H2,1-3H3,(H,25,28). The minimum Gasteiger partial charge on any atom is -0.355 e. The number of hydrogen-bond donors (Lipinski definition) is 1. The van der Waals surface area contributed by atoms with Crippen molar-refractivity contribution in [1.29, 1.82) is 0 Å². The van der Waals surface area contributed by atoms with Crippen LogP contribution in [0.25, 0.3) is 0 Å². The van der Waals surface area contributed by atoms with E-state index in [-0.39, 0.29) is 23.4 Å². The van der Waals surface area contributed by atoms with E-state index in [4.69, 9.17) is 0 Å². The van der Waals surface area contributed by atoms with Crippen LogP contribution in [0.1, 0.15) is 37.0 Å². The molecule has 0 aliphatic rings. The quantitative estimate of drug-likeness (QED) is 0.628. The second kappa shape index (κ2) is 11.6. The van der Waals surface area contributed by atoms with E-state index in [0.29, 0.717) is 25.3 Å². The molecule has 2 aromatic carbocycles. The van der Waals surface area contributed by atoms with Crippen LogP contribution in [0.4, 0.5) is 4.39 Å². The number of benzene rings is 2. The first-order valence-electron chi connectivity index (χ1n) is 9.89. The number of likely N-dealkylation sites (N-methyl/N-ethyl adjacent to an activating group) is 1. The van der Waals surface area contributed by atoms with E-state index >= 15 is 0 Å². The highest BCUT2D eigenvalue weighted by atomic mass is 32.2. The highest BCUT2D eigenvalue weighted by Crippen LogP contribution is 2.18. The molecule has 4 nitrogen and oxygen atoms in total. The lowest BCUT2D eigenvalue weighted by Crippen LogP contribution is -2.49. The van der Waals surface area contributed by atoms with Gasteiger partial charge in [-0.2, -0.15) is 0 Å². The topological polar surface area (TPSA) is 49.4 Å². The van der Waals surface area contributed by atoms with Crippen LogP contribution in [0.3, 0.4) is 0 Å². The molecule has 0 aliphatic heterocycles. The van der Waals surface area contributed by atoms with Gasteiger partial charge in [0.25, 0.3) is 0 Å². The molecule has 1 unspecified atom stereocenters. The normalized spacial score (nSPS) is 11.7. The molecule has 156 valence electrons. The molecule has 2 amide bonds. The van der Waals surface area contributed by atoms with Gasteiger partial charge in [-0.05, 0) is 43.5 Å². The maximum atomic E-state index is 13.0. The molecule has 29 heavy (non-hydrogen) atoms. The third-order valence-corrected chi connectivity index (χ3v) is 5.61. The number of thioether (sulfide) groups is 1. The summed E-state index contributed by atoms with van der Waals surface area (Å²) >= 11 is 1.47. The number of rotatable bonds is 10. The van der Waals surface area contributed by atoms with Crippen molar-refractivity contribution < 1.29 is 14.0 Å². The van der Waals surface area contributed by atoms with Crippen LogP contribution in [-0.2, 0) is 21.9 Å². The number of halogens is 1. The summed E-state index contributed by atoms with van der Waals surface area (Å²) in [6, 6.07) is 13.8. The van der Waals surface area contributed by atoms with Crippen molar-refractivity contribution in [3.8, 4) is 0 Å². The fourth-order valence-corrected chi connectivity index (χ4v) is 3.89. The second-order valence-electron chi connectivity index (χ2n) is 6.95. The minimum absolute atomic E-state index is 0.0733. The van der Waals surface area contributed by atoms with Gasteiger partial charge in [-0.15, -0.1) is 11.8 Å². The van der Waals surface area contributed by atoms with Crippen molar-refractivity contribution in [2.45, 2.75) is 45.5 Å². The van der Waals surface area contributed by atoms with Gasteiger partial charge < -0.3 is 10.2 Å². The lowest BCUT2D eigenvalue weighted by Gasteiger charge is -2.30. The maximum Gasteiger partial charge on any atom is 0.242 e. The molecule has 0 spiro atoms. The highest BCUT2D eigenvalue weighted by molar-refractivity contribution is 7.99. The molecule has 0 bridgehead atoms. The van der Waals surface area contributed by atoms with Crippen molar-refractivity contribution in [2.75, 3.05) is 12.3 Å². The average molecular weight is 417 g/mol. The van der Waals surface area contributed by atoms with Crippen LogP contribution in [0.5, 0.6) is 0 Å². The Balaban J connectivity index is 2.08. The molecule has 6 heteroatoms. The Morgan fingerprint density at radius 2 is 1.66 bits per heavy atom. The Kier molecular flexibility index (Phi) is 9.19. The molecule has 0 fully saturated rings. The molecule has 0 aliphatic carbocycles. The van der Waals surface area contributed by atoms with Gasteiger partial charge in [-0.3, -0.25) is 9.59 Å². The van der Waals surface area contributed by atoms with E-state index < -0.39 is 6.04 Å². The summed E-state index contributed by atoms with van der Waals surface area (Å²) in [7, 11) is 0. The fraction of sp³-hybridized carbons (Fsp3) is 0.391. The van der Waals surface area contributed by atoms with E-state index in [1.54, 1.807) is 17.0 Å². The summed E-state index contributed by atoms with van der Waals surface area (Å²) in [4.78, 5) is 27.3. The van der Waals surface area contributed by atoms with Crippen molar-refractivity contribution in [3.05, 3.63) is 71.0 Å². The van der Waals surface area contributed by atoms with Gasteiger partial charge in [-0.1, -0.05) is 48.9 Å². The zero-order valence-electron chi connectivity index (χ0n) is 17.3. The van der Waals surface area contributed by atoms with E-state index in [2.05, 4.69) is 5.32 Å². The van der Waals surface area contributed by atoms with Crippen molar-refractivity contribution in [1.82, 2.24) is 10.2 Å². The Bertz CT molecular complexity index is 794. The maximum absolute atomic E-state index is 13.0.